The molecule has 0 aliphatic carbocycles. The largest absolute Gasteiger partial charge is 0.370 e. The fourth-order valence-corrected chi connectivity index (χ4v) is 1.91. The molecule has 0 atom stereocenters. The number of nitrogens with zero attached hydrogens (tertiary/aromatic N) is 2. The van der Waals surface area contributed by atoms with Crippen molar-refractivity contribution < 1.29 is 0 Å². The highest BCUT2D eigenvalue weighted by molar-refractivity contribution is 5.50. The molecule has 4 N–H and O–H groups in total. The van der Waals surface area contributed by atoms with Gasteiger partial charge in [0.25, 0.3) is 0 Å². The maximum absolute atomic E-state index is 5.70. The van der Waals surface area contributed by atoms with Crippen molar-refractivity contribution in [1.29, 1.82) is 0 Å². The Balaban J connectivity index is 2.18. The Hall–Kier alpha value is -1.36. The number of anilines is 2. The topological polar surface area (TPSA) is 75.9 Å². The first-order chi connectivity index (χ1) is 7.81. The van der Waals surface area contributed by atoms with Crippen LogP contribution in [0, 0.1) is 0 Å². The van der Waals surface area contributed by atoms with Crippen LogP contribution in [0.2, 0.25) is 0 Å². The first-order valence-corrected chi connectivity index (χ1v) is 5.91. The highest BCUT2D eigenvalue weighted by Crippen LogP contribution is 2.20. The third-order valence-corrected chi connectivity index (χ3v) is 2.78. The van der Waals surface area contributed by atoms with E-state index in [9.17, 15) is 0 Å². The minimum absolute atomic E-state index is 0.362. The fourth-order valence-electron chi connectivity index (χ4n) is 1.91. The smallest absolute Gasteiger partial charge is 0.222 e. The zero-order valence-corrected chi connectivity index (χ0v) is 9.71. The average molecular weight is 221 g/mol. The van der Waals surface area contributed by atoms with E-state index in [0.717, 1.165) is 44.0 Å². The monoisotopic (exact) mass is 221 g/mol. The molecule has 0 unspecified atom stereocenters. The van der Waals surface area contributed by atoms with Crippen LogP contribution in [0.25, 0.3) is 0 Å². The number of hydrogen-bond donors (Lipinski definition) is 3. The summed E-state index contributed by atoms with van der Waals surface area (Å²) >= 11 is 0. The van der Waals surface area contributed by atoms with Gasteiger partial charge in [0.15, 0.2) is 0 Å². The Bertz CT molecular complexity index is 364. The minimum atomic E-state index is 0.362. The van der Waals surface area contributed by atoms with Gasteiger partial charge in [0.1, 0.15) is 5.82 Å². The van der Waals surface area contributed by atoms with Crippen LogP contribution in [-0.2, 0) is 13.0 Å². The lowest BCUT2D eigenvalue weighted by Gasteiger charge is -2.19. The average Bonchev–Trinajstić information content (AvgIpc) is 2.29. The second-order valence-corrected chi connectivity index (χ2v) is 4.06. The van der Waals surface area contributed by atoms with Gasteiger partial charge < -0.3 is 16.4 Å². The van der Waals surface area contributed by atoms with E-state index in [1.54, 1.807) is 0 Å². The number of unbranched alkanes of at least 4 members (excludes halogenated alkanes) is 1. The molecule has 0 saturated heterocycles. The molecule has 0 saturated carbocycles. The van der Waals surface area contributed by atoms with E-state index in [1.807, 2.05) is 0 Å². The maximum Gasteiger partial charge on any atom is 0.222 e. The van der Waals surface area contributed by atoms with Gasteiger partial charge in [-0.2, -0.15) is 4.98 Å². The molecule has 0 radical (unpaired) electrons. The predicted octanol–water partition coefficient (Wildman–Crippen LogP) is 0.916. The van der Waals surface area contributed by atoms with Gasteiger partial charge in [-0.15, -0.1) is 0 Å². The van der Waals surface area contributed by atoms with Crippen LogP contribution in [0.15, 0.2) is 0 Å². The van der Waals surface area contributed by atoms with E-state index in [-0.39, 0.29) is 0 Å². The third kappa shape index (κ3) is 2.41. The molecule has 0 amide bonds. The SMILES string of the molecule is CCCCNc1nc(N)nc2c1CCNC2. The fraction of sp³-hybridized carbons (Fsp3) is 0.636. The van der Waals surface area contributed by atoms with Crippen LogP contribution in [-0.4, -0.2) is 23.1 Å². The quantitative estimate of drug-likeness (QED) is 0.659. The minimum Gasteiger partial charge on any atom is -0.370 e. The number of nitrogens with one attached hydrogen (secondary N) is 2. The maximum atomic E-state index is 5.70. The van der Waals surface area contributed by atoms with Gasteiger partial charge in [-0.3, -0.25) is 0 Å². The number of rotatable bonds is 4. The lowest BCUT2D eigenvalue weighted by atomic mass is 10.1. The summed E-state index contributed by atoms with van der Waals surface area (Å²) < 4.78 is 0. The Kier molecular flexibility index (Phi) is 3.56. The first-order valence-electron chi connectivity index (χ1n) is 5.91. The molecule has 1 aromatic rings. The molecule has 1 aromatic heterocycles. The third-order valence-electron chi connectivity index (χ3n) is 2.78. The molecule has 1 aliphatic heterocycles. The zero-order valence-electron chi connectivity index (χ0n) is 9.71. The van der Waals surface area contributed by atoms with Gasteiger partial charge in [-0.05, 0) is 19.4 Å². The molecule has 1 aliphatic rings. The summed E-state index contributed by atoms with van der Waals surface area (Å²) in [6.07, 6.45) is 3.30. The van der Waals surface area contributed by atoms with Crippen LogP contribution in [0.5, 0.6) is 0 Å². The first kappa shape index (κ1) is 11.1. The van der Waals surface area contributed by atoms with Gasteiger partial charge in [0.2, 0.25) is 5.95 Å². The Morgan fingerprint density at radius 2 is 2.31 bits per heavy atom. The van der Waals surface area contributed by atoms with E-state index < -0.39 is 0 Å². The van der Waals surface area contributed by atoms with Crippen molar-refractivity contribution in [1.82, 2.24) is 15.3 Å². The summed E-state index contributed by atoms with van der Waals surface area (Å²) in [5.74, 6) is 1.29. The second kappa shape index (κ2) is 5.12. The summed E-state index contributed by atoms with van der Waals surface area (Å²) in [5, 5.41) is 6.64. The molecule has 0 bridgehead atoms. The molecule has 2 rings (SSSR count). The molecule has 5 nitrogen and oxygen atoms in total. The highest BCUT2D eigenvalue weighted by atomic mass is 15.1. The van der Waals surface area contributed by atoms with Crippen molar-refractivity contribution >= 4 is 11.8 Å². The molecule has 16 heavy (non-hydrogen) atoms. The summed E-state index contributed by atoms with van der Waals surface area (Å²) in [7, 11) is 0. The summed E-state index contributed by atoms with van der Waals surface area (Å²) in [6, 6.07) is 0. The molecule has 0 spiro atoms. The highest BCUT2D eigenvalue weighted by Gasteiger charge is 2.16. The van der Waals surface area contributed by atoms with Crippen LogP contribution >= 0.6 is 0 Å². The zero-order chi connectivity index (χ0) is 11.4. The second-order valence-electron chi connectivity index (χ2n) is 4.06. The van der Waals surface area contributed by atoms with Gasteiger partial charge in [-0.1, -0.05) is 13.3 Å². The van der Waals surface area contributed by atoms with Gasteiger partial charge in [-0.25, -0.2) is 4.98 Å². The van der Waals surface area contributed by atoms with Gasteiger partial charge in [0, 0.05) is 18.7 Å². The van der Waals surface area contributed by atoms with Crippen molar-refractivity contribution in [2.75, 3.05) is 24.1 Å². The number of nitrogens with two attached hydrogens (primary N) is 1. The Morgan fingerprint density at radius 3 is 3.12 bits per heavy atom. The molecule has 0 aromatic carbocycles. The van der Waals surface area contributed by atoms with Gasteiger partial charge in [0.05, 0.1) is 5.69 Å². The molecule has 5 heteroatoms. The Morgan fingerprint density at radius 1 is 1.44 bits per heavy atom. The van der Waals surface area contributed by atoms with Crippen molar-refractivity contribution in [3.8, 4) is 0 Å². The lowest BCUT2D eigenvalue weighted by molar-refractivity contribution is 0.625. The lowest BCUT2D eigenvalue weighted by Crippen LogP contribution is -2.27. The van der Waals surface area contributed by atoms with Crippen molar-refractivity contribution in [2.24, 2.45) is 0 Å². The number of hydrogen-bond acceptors (Lipinski definition) is 5. The van der Waals surface area contributed by atoms with Crippen LogP contribution in [0.1, 0.15) is 31.0 Å². The van der Waals surface area contributed by atoms with Crippen molar-refractivity contribution in [3.63, 3.8) is 0 Å². The van der Waals surface area contributed by atoms with Crippen LogP contribution in [0.3, 0.4) is 0 Å². The van der Waals surface area contributed by atoms with Crippen molar-refractivity contribution in [3.05, 3.63) is 11.3 Å². The van der Waals surface area contributed by atoms with Crippen LogP contribution in [0.4, 0.5) is 11.8 Å². The number of aromatic nitrogens is 2. The van der Waals surface area contributed by atoms with E-state index in [4.69, 9.17) is 5.73 Å². The van der Waals surface area contributed by atoms with E-state index in [2.05, 4.69) is 27.5 Å². The molecule has 2 heterocycles. The standard InChI is InChI=1S/C11H19N5/c1-2-3-5-14-10-8-4-6-13-7-9(8)15-11(12)16-10/h13H,2-7H2,1H3,(H3,12,14,15,16). The molecule has 88 valence electrons. The van der Waals surface area contributed by atoms with E-state index in [0.29, 0.717) is 5.95 Å². The summed E-state index contributed by atoms with van der Waals surface area (Å²) in [5.41, 5.74) is 7.96. The molecular formula is C11H19N5. The number of nitrogen functional groups attached to an aromatic ring is 1. The van der Waals surface area contributed by atoms with Gasteiger partial charge >= 0.3 is 0 Å². The predicted molar refractivity (Wildman–Crippen MR) is 65.3 cm³/mol. The van der Waals surface area contributed by atoms with E-state index in [1.165, 1.54) is 12.0 Å². The molecular weight excluding hydrogens is 202 g/mol. The van der Waals surface area contributed by atoms with E-state index >= 15 is 0 Å². The number of fused-ring (bicyclic) bond motifs is 1. The van der Waals surface area contributed by atoms with Crippen molar-refractivity contribution in [2.45, 2.75) is 32.7 Å². The summed E-state index contributed by atoms with van der Waals surface area (Å²) in [6.45, 7) is 4.91. The van der Waals surface area contributed by atoms with Crippen LogP contribution < -0.4 is 16.4 Å². The molecule has 0 fully saturated rings. The normalized spacial score (nSPS) is 14.6. The summed E-state index contributed by atoms with van der Waals surface area (Å²) in [4.78, 5) is 8.55. The Labute approximate surface area is 95.9 Å².